The van der Waals surface area contributed by atoms with Crippen molar-refractivity contribution < 1.29 is 9.63 Å². The summed E-state index contributed by atoms with van der Waals surface area (Å²) in [6, 6.07) is 10.9. The van der Waals surface area contributed by atoms with E-state index >= 15 is 0 Å². The van der Waals surface area contributed by atoms with Crippen molar-refractivity contribution in [1.29, 1.82) is 0 Å². The van der Waals surface area contributed by atoms with Crippen LogP contribution in [0.4, 0.5) is 10.5 Å². The Balaban J connectivity index is 0.00000208. The van der Waals surface area contributed by atoms with E-state index in [0.717, 1.165) is 31.4 Å². The molecule has 1 fully saturated rings. The Hall–Kier alpha value is -1.82. The molecule has 1 aliphatic rings. The average Bonchev–Trinajstić information content (AvgIpc) is 2.58. The molecule has 1 aliphatic heterocycles. The second kappa shape index (κ2) is 8.87. The van der Waals surface area contributed by atoms with Crippen LogP contribution >= 0.6 is 24.0 Å². The summed E-state index contributed by atoms with van der Waals surface area (Å²) in [5, 5.41) is 5.09. The predicted molar refractivity (Wildman–Crippen MR) is 96.3 cm³/mol. The zero-order valence-corrected chi connectivity index (χ0v) is 14.6. The molecular weight excluding hydrogens is 349 g/mol. The first-order valence-electron chi connectivity index (χ1n) is 7.63. The quantitative estimate of drug-likeness (QED) is 0.842. The average molecular weight is 368 g/mol. The van der Waals surface area contributed by atoms with Gasteiger partial charge in [0.25, 0.3) is 0 Å². The van der Waals surface area contributed by atoms with E-state index in [1.165, 1.54) is 0 Å². The molecule has 0 saturated carbocycles. The van der Waals surface area contributed by atoms with Crippen LogP contribution in [-0.4, -0.2) is 22.7 Å². The molecule has 1 N–H and O–H groups in total. The SMILES string of the molecule is Cl.O=C(Nc1ccc(Cl)cc1)ON1CCCCC1c1ccncc1. The van der Waals surface area contributed by atoms with Crippen LogP contribution in [0, 0.1) is 0 Å². The molecular formula is C17H19Cl2N3O2. The van der Waals surface area contributed by atoms with Crippen molar-refractivity contribution in [3.8, 4) is 0 Å². The summed E-state index contributed by atoms with van der Waals surface area (Å²) in [6.45, 7) is 0.723. The lowest BCUT2D eigenvalue weighted by Crippen LogP contribution is -2.36. The number of rotatable bonds is 3. The van der Waals surface area contributed by atoms with Crippen LogP contribution in [0.2, 0.25) is 5.02 Å². The number of piperidine rings is 1. The fourth-order valence-corrected chi connectivity index (χ4v) is 2.84. The second-order valence-electron chi connectivity index (χ2n) is 5.44. The third-order valence-electron chi connectivity index (χ3n) is 3.84. The van der Waals surface area contributed by atoms with E-state index in [4.69, 9.17) is 16.4 Å². The molecule has 0 radical (unpaired) electrons. The molecule has 1 unspecified atom stereocenters. The number of benzene rings is 1. The van der Waals surface area contributed by atoms with E-state index < -0.39 is 6.09 Å². The van der Waals surface area contributed by atoms with Crippen LogP contribution in [0.3, 0.4) is 0 Å². The highest BCUT2D eigenvalue weighted by Crippen LogP contribution is 2.30. The molecule has 24 heavy (non-hydrogen) atoms. The van der Waals surface area contributed by atoms with Gasteiger partial charge in [-0.3, -0.25) is 10.3 Å². The summed E-state index contributed by atoms with van der Waals surface area (Å²) >= 11 is 5.83. The van der Waals surface area contributed by atoms with Crippen LogP contribution in [0.15, 0.2) is 48.8 Å². The lowest BCUT2D eigenvalue weighted by Gasteiger charge is -2.33. The summed E-state index contributed by atoms with van der Waals surface area (Å²) in [7, 11) is 0. The fourth-order valence-electron chi connectivity index (χ4n) is 2.71. The Morgan fingerprint density at radius 3 is 2.58 bits per heavy atom. The minimum absolute atomic E-state index is 0. The number of nitrogens with zero attached hydrogens (tertiary/aromatic N) is 2. The van der Waals surface area contributed by atoms with Gasteiger partial charge in [-0.2, -0.15) is 0 Å². The Morgan fingerprint density at radius 2 is 1.88 bits per heavy atom. The van der Waals surface area contributed by atoms with E-state index in [0.29, 0.717) is 10.7 Å². The minimum atomic E-state index is -0.492. The van der Waals surface area contributed by atoms with Gasteiger partial charge < -0.3 is 4.84 Å². The van der Waals surface area contributed by atoms with Crippen molar-refractivity contribution in [3.05, 3.63) is 59.4 Å². The molecule has 2 aromatic rings. The molecule has 0 bridgehead atoms. The lowest BCUT2D eigenvalue weighted by molar-refractivity contribution is -0.142. The minimum Gasteiger partial charge on any atom is -0.350 e. The van der Waals surface area contributed by atoms with Crippen molar-refractivity contribution in [2.75, 3.05) is 11.9 Å². The van der Waals surface area contributed by atoms with E-state index in [1.807, 2.05) is 12.1 Å². The van der Waals surface area contributed by atoms with Gasteiger partial charge in [0.2, 0.25) is 0 Å². The molecule has 0 spiro atoms. The molecule has 7 heteroatoms. The van der Waals surface area contributed by atoms with Gasteiger partial charge in [0.1, 0.15) is 0 Å². The molecule has 2 heterocycles. The molecule has 1 amide bonds. The monoisotopic (exact) mass is 367 g/mol. The number of hydrogen-bond acceptors (Lipinski definition) is 4. The van der Waals surface area contributed by atoms with Crippen LogP contribution in [0.1, 0.15) is 30.9 Å². The van der Waals surface area contributed by atoms with Gasteiger partial charge in [-0.15, -0.1) is 17.5 Å². The van der Waals surface area contributed by atoms with Gasteiger partial charge in [0.05, 0.1) is 6.04 Å². The first-order chi connectivity index (χ1) is 11.2. The highest BCUT2D eigenvalue weighted by molar-refractivity contribution is 6.30. The van der Waals surface area contributed by atoms with Crippen molar-refractivity contribution in [3.63, 3.8) is 0 Å². The largest absolute Gasteiger partial charge is 0.430 e. The third-order valence-corrected chi connectivity index (χ3v) is 4.09. The van der Waals surface area contributed by atoms with Crippen molar-refractivity contribution >= 4 is 35.8 Å². The maximum absolute atomic E-state index is 12.1. The topological polar surface area (TPSA) is 54.5 Å². The number of anilines is 1. The zero-order chi connectivity index (χ0) is 16.1. The maximum atomic E-state index is 12.1. The van der Waals surface area contributed by atoms with Crippen molar-refractivity contribution in [2.45, 2.75) is 25.3 Å². The Kier molecular flexibility index (Phi) is 6.85. The number of hydroxylamine groups is 2. The van der Waals surface area contributed by atoms with E-state index in [1.54, 1.807) is 41.7 Å². The first-order valence-corrected chi connectivity index (χ1v) is 8.01. The number of aromatic nitrogens is 1. The maximum Gasteiger partial charge on any atom is 0.430 e. The molecule has 0 aliphatic carbocycles. The third kappa shape index (κ3) is 4.84. The number of pyridine rings is 1. The zero-order valence-electron chi connectivity index (χ0n) is 13.0. The summed E-state index contributed by atoms with van der Waals surface area (Å²) in [6.07, 6.45) is 6.11. The number of carbonyl (C=O) groups excluding carboxylic acids is 1. The van der Waals surface area contributed by atoms with Gasteiger partial charge in [-0.25, -0.2) is 4.79 Å². The summed E-state index contributed by atoms with van der Waals surface area (Å²) in [5.41, 5.74) is 1.76. The van der Waals surface area contributed by atoms with Gasteiger partial charge in [0, 0.05) is 29.6 Å². The Bertz CT molecular complexity index is 653. The molecule has 1 atom stereocenters. The van der Waals surface area contributed by atoms with E-state index in [9.17, 15) is 4.79 Å². The number of carbonyl (C=O) groups is 1. The fraction of sp³-hybridized carbons (Fsp3) is 0.294. The Labute approximate surface area is 152 Å². The molecule has 128 valence electrons. The van der Waals surface area contributed by atoms with E-state index in [-0.39, 0.29) is 18.4 Å². The Morgan fingerprint density at radius 1 is 1.17 bits per heavy atom. The summed E-state index contributed by atoms with van der Waals surface area (Å²) in [5.74, 6) is 0. The molecule has 1 aromatic heterocycles. The smallest absolute Gasteiger partial charge is 0.350 e. The van der Waals surface area contributed by atoms with Gasteiger partial charge in [-0.05, 0) is 54.8 Å². The predicted octanol–water partition coefficient (Wildman–Crippen LogP) is 4.85. The number of halogens is 2. The van der Waals surface area contributed by atoms with Crippen molar-refractivity contribution in [2.24, 2.45) is 0 Å². The van der Waals surface area contributed by atoms with Gasteiger partial charge in [-0.1, -0.05) is 18.0 Å². The highest BCUT2D eigenvalue weighted by atomic mass is 35.5. The highest BCUT2D eigenvalue weighted by Gasteiger charge is 2.27. The second-order valence-corrected chi connectivity index (χ2v) is 5.88. The first kappa shape index (κ1) is 18.5. The van der Waals surface area contributed by atoms with Crippen molar-refractivity contribution in [1.82, 2.24) is 10.0 Å². The summed E-state index contributed by atoms with van der Waals surface area (Å²) < 4.78 is 0. The molecule has 5 nitrogen and oxygen atoms in total. The number of amides is 1. The van der Waals surface area contributed by atoms with Crippen LogP contribution in [0.5, 0.6) is 0 Å². The summed E-state index contributed by atoms with van der Waals surface area (Å²) in [4.78, 5) is 21.7. The van der Waals surface area contributed by atoms with Gasteiger partial charge in [0.15, 0.2) is 0 Å². The van der Waals surface area contributed by atoms with Crippen LogP contribution in [-0.2, 0) is 4.84 Å². The van der Waals surface area contributed by atoms with E-state index in [2.05, 4.69) is 10.3 Å². The molecule has 3 rings (SSSR count). The standard InChI is InChI=1S/C17H18ClN3O2.ClH/c18-14-4-6-15(7-5-14)20-17(22)23-21-12-2-1-3-16(21)13-8-10-19-11-9-13;/h4-11,16H,1-3,12H2,(H,20,22);1H. The molecule has 1 saturated heterocycles. The van der Waals surface area contributed by atoms with Gasteiger partial charge >= 0.3 is 6.09 Å². The number of hydrogen-bond donors (Lipinski definition) is 1. The lowest BCUT2D eigenvalue weighted by atomic mass is 9.98. The van der Waals surface area contributed by atoms with Crippen LogP contribution in [0.25, 0.3) is 0 Å². The van der Waals surface area contributed by atoms with Crippen LogP contribution < -0.4 is 5.32 Å². The number of nitrogens with one attached hydrogen (secondary N) is 1. The normalized spacial score (nSPS) is 17.6. The molecule has 1 aromatic carbocycles.